The number of rotatable bonds is 7. The molecule has 2 heterocycles. The number of Topliss-reactive ketones (excluding diaryl/α,β-unsaturated/α-hetero) is 1. The number of ketones is 1. The summed E-state index contributed by atoms with van der Waals surface area (Å²) >= 11 is 0. The summed E-state index contributed by atoms with van der Waals surface area (Å²) in [4.78, 5) is 36.6. The van der Waals surface area contributed by atoms with Gasteiger partial charge in [0.05, 0.1) is 11.1 Å². The molecule has 32 heavy (non-hydrogen) atoms. The number of nitrogens with one attached hydrogen (secondary N) is 1. The molecule has 3 rings (SSSR count). The highest BCUT2D eigenvalue weighted by atomic mass is 16.6. The number of aromatic nitrogens is 1. The van der Waals surface area contributed by atoms with Gasteiger partial charge in [-0.15, -0.1) is 0 Å². The zero-order chi connectivity index (χ0) is 23.5. The van der Waals surface area contributed by atoms with Gasteiger partial charge in [0.25, 0.3) is 11.7 Å². The molecule has 0 saturated heterocycles. The third kappa shape index (κ3) is 5.08. The van der Waals surface area contributed by atoms with Gasteiger partial charge >= 0.3 is 6.09 Å². The fourth-order valence-corrected chi connectivity index (χ4v) is 3.63. The van der Waals surface area contributed by atoms with Crippen LogP contribution in [0.1, 0.15) is 48.0 Å². The standard InChI is InChI=1S/C24H27N3O5/c1-24(2,3)32-23(31)26-12-11-16-17(14-15-8-5-4-6-9-15)27-13-7-10-18(28)20(27)19(16)21(29)22(25)30/h4-10,13,28H,11-12,14H2,1-3H3,(H2,25,30)(H,26,31). The first-order valence-corrected chi connectivity index (χ1v) is 10.3. The largest absolute Gasteiger partial charge is 0.506 e. The van der Waals surface area contributed by atoms with E-state index in [1.165, 1.54) is 6.07 Å². The molecule has 2 amide bonds. The number of carbonyl (C=O) groups is 3. The van der Waals surface area contributed by atoms with E-state index >= 15 is 0 Å². The number of hydrogen-bond donors (Lipinski definition) is 3. The summed E-state index contributed by atoms with van der Waals surface area (Å²) in [6, 6.07) is 12.7. The number of aromatic hydroxyl groups is 1. The second-order valence-corrected chi connectivity index (χ2v) is 8.45. The average molecular weight is 437 g/mol. The number of amides is 2. The van der Waals surface area contributed by atoms with Gasteiger partial charge < -0.3 is 25.3 Å². The lowest BCUT2D eigenvalue weighted by atomic mass is 9.98. The Morgan fingerprint density at radius 2 is 1.78 bits per heavy atom. The molecule has 8 nitrogen and oxygen atoms in total. The monoisotopic (exact) mass is 437 g/mol. The third-order valence-corrected chi connectivity index (χ3v) is 4.86. The van der Waals surface area contributed by atoms with E-state index in [1.807, 2.05) is 30.3 Å². The van der Waals surface area contributed by atoms with Gasteiger partial charge in [-0.2, -0.15) is 0 Å². The molecule has 0 aliphatic rings. The molecule has 2 aromatic heterocycles. The molecule has 0 unspecified atom stereocenters. The number of alkyl carbamates (subject to hydrolysis) is 1. The first-order chi connectivity index (χ1) is 15.1. The average Bonchev–Trinajstić information content (AvgIpc) is 3.01. The fraction of sp³-hybridized carbons (Fsp3) is 0.292. The van der Waals surface area contributed by atoms with Crippen LogP contribution < -0.4 is 11.1 Å². The van der Waals surface area contributed by atoms with Gasteiger partial charge in [0.1, 0.15) is 11.4 Å². The molecule has 0 atom stereocenters. The van der Waals surface area contributed by atoms with Crippen LogP contribution in [0.4, 0.5) is 4.79 Å². The lowest BCUT2D eigenvalue weighted by Gasteiger charge is -2.19. The molecule has 0 fully saturated rings. The number of carbonyl (C=O) groups excluding carboxylic acids is 3. The molecule has 0 radical (unpaired) electrons. The van der Waals surface area contributed by atoms with Crippen molar-refractivity contribution in [3.8, 4) is 5.75 Å². The minimum Gasteiger partial charge on any atom is -0.506 e. The zero-order valence-corrected chi connectivity index (χ0v) is 18.3. The van der Waals surface area contributed by atoms with Gasteiger partial charge in [0.15, 0.2) is 0 Å². The Hall–Kier alpha value is -3.81. The highest BCUT2D eigenvalue weighted by Crippen LogP contribution is 2.32. The Balaban J connectivity index is 2.06. The van der Waals surface area contributed by atoms with Crippen molar-refractivity contribution in [2.45, 2.75) is 39.2 Å². The molecule has 0 saturated carbocycles. The summed E-state index contributed by atoms with van der Waals surface area (Å²) in [7, 11) is 0. The van der Waals surface area contributed by atoms with Crippen LogP contribution in [0.5, 0.6) is 5.75 Å². The maximum atomic E-state index is 12.8. The van der Waals surface area contributed by atoms with Gasteiger partial charge in [0, 0.05) is 24.9 Å². The minimum atomic E-state index is -1.12. The smallest absolute Gasteiger partial charge is 0.407 e. The third-order valence-electron chi connectivity index (χ3n) is 4.86. The Kier molecular flexibility index (Phi) is 6.53. The lowest BCUT2D eigenvalue weighted by molar-refractivity contribution is -0.114. The molecule has 0 aliphatic heterocycles. The zero-order valence-electron chi connectivity index (χ0n) is 18.3. The number of hydrogen-bond acceptors (Lipinski definition) is 5. The molecule has 1 aromatic carbocycles. The molecule has 8 heteroatoms. The Labute approximate surface area is 186 Å². The number of nitrogens with two attached hydrogens (primary N) is 1. The van der Waals surface area contributed by atoms with Crippen molar-refractivity contribution >= 4 is 23.3 Å². The first-order valence-electron chi connectivity index (χ1n) is 10.3. The van der Waals surface area contributed by atoms with Crippen molar-refractivity contribution < 1.29 is 24.2 Å². The summed E-state index contributed by atoms with van der Waals surface area (Å²) in [5.74, 6) is -2.15. The summed E-state index contributed by atoms with van der Waals surface area (Å²) < 4.78 is 6.95. The van der Waals surface area contributed by atoms with Gasteiger partial charge in [0.2, 0.25) is 0 Å². The van der Waals surface area contributed by atoms with E-state index in [9.17, 15) is 19.5 Å². The molecular formula is C24H27N3O5. The van der Waals surface area contributed by atoms with Crippen molar-refractivity contribution in [1.82, 2.24) is 9.72 Å². The van der Waals surface area contributed by atoms with E-state index in [4.69, 9.17) is 10.5 Å². The van der Waals surface area contributed by atoms with Crippen LogP contribution in [0.2, 0.25) is 0 Å². The van der Waals surface area contributed by atoms with Gasteiger partial charge in [-0.25, -0.2) is 4.79 Å². The first kappa shape index (κ1) is 22.9. The van der Waals surface area contributed by atoms with E-state index in [0.29, 0.717) is 12.0 Å². The van der Waals surface area contributed by atoms with Crippen LogP contribution in [0, 0.1) is 0 Å². The molecule has 0 bridgehead atoms. The number of primary amides is 1. The molecule has 0 spiro atoms. The van der Waals surface area contributed by atoms with E-state index in [2.05, 4.69) is 5.32 Å². The fourth-order valence-electron chi connectivity index (χ4n) is 3.63. The normalized spacial score (nSPS) is 11.3. The number of benzene rings is 1. The minimum absolute atomic E-state index is 0.0486. The van der Waals surface area contributed by atoms with Crippen molar-refractivity contribution in [3.63, 3.8) is 0 Å². The summed E-state index contributed by atoms with van der Waals surface area (Å²) in [5.41, 5.74) is 7.17. The second-order valence-electron chi connectivity index (χ2n) is 8.45. The number of ether oxygens (including phenoxy) is 1. The summed E-state index contributed by atoms with van der Waals surface area (Å²) in [5, 5.41) is 13.2. The van der Waals surface area contributed by atoms with Gasteiger partial charge in [-0.3, -0.25) is 9.59 Å². The van der Waals surface area contributed by atoms with E-state index in [1.54, 1.807) is 37.4 Å². The number of nitrogens with zero attached hydrogens (tertiary/aromatic N) is 1. The Bertz CT molecular complexity index is 1160. The Morgan fingerprint density at radius 3 is 2.41 bits per heavy atom. The maximum Gasteiger partial charge on any atom is 0.407 e. The topological polar surface area (TPSA) is 123 Å². The van der Waals surface area contributed by atoms with Crippen LogP contribution in [0.25, 0.3) is 5.52 Å². The van der Waals surface area contributed by atoms with Gasteiger partial charge in [-0.1, -0.05) is 30.3 Å². The van der Waals surface area contributed by atoms with Crippen LogP contribution in [-0.2, 0) is 22.4 Å². The van der Waals surface area contributed by atoms with E-state index in [0.717, 1.165) is 11.3 Å². The summed E-state index contributed by atoms with van der Waals surface area (Å²) in [6.45, 7) is 5.44. The highest BCUT2D eigenvalue weighted by molar-refractivity contribution is 6.44. The molecule has 0 aliphatic carbocycles. The van der Waals surface area contributed by atoms with Crippen molar-refractivity contribution in [1.29, 1.82) is 0 Å². The summed E-state index contributed by atoms with van der Waals surface area (Å²) in [6.07, 6.45) is 1.81. The molecule has 4 N–H and O–H groups in total. The number of fused-ring (bicyclic) bond motifs is 1. The maximum absolute atomic E-state index is 12.8. The highest BCUT2D eigenvalue weighted by Gasteiger charge is 2.28. The van der Waals surface area contributed by atoms with Crippen LogP contribution in [0.15, 0.2) is 48.7 Å². The van der Waals surface area contributed by atoms with Crippen molar-refractivity contribution in [2.24, 2.45) is 5.73 Å². The quantitative estimate of drug-likeness (QED) is 0.387. The SMILES string of the molecule is CC(C)(C)OC(=O)NCCc1c(C(=O)C(N)=O)c2c(O)cccn2c1Cc1ccccc1. The van der Waals surface area contributed by atoms with Crippen molar-refractivity contribution in [2.75, 3.05) is 6.54 Å². The van der Waals surface area contributed by atoms with Crippen LogP contribution >= 0.6 is 0 Å². The van der Waals surface area contributed by atoms with Crippen LogP contribution in [-0.4, -0.2) is 39.4 Å². The molecule has 3 aromatic rings. The molecule has 168 valence electrons. The van der Waals surface area contributed by atoms with E-state index < -0.39 is 23.4 Å². The predicted octanol–water partition coefficient (Wildman–Crippen LogP) is 2.97. The van der Waals surface area contributed by atoms with Crippen molar-refractivity contribution in [3.05, 3.63) is 71.0 Å². The predicted molar refractivity (Wildman–Crippen MR) is 120 cm³/mol. The van der Waals surface area contributed by atoms with E-state index in [-0.39, 0.29) is 29.8 Å². The molecular weight excluding hydrogens is 410 g/mol. The second kappa shape index (κ2) is 9.13. The number of pyridine rings is 1. The lowest BCUT2D eigenvalue weighted by Crippen LogP contribution is -2.33. The van der Waals surface area contributed by atoms with Gasteiger partial charge in [-0.05, 0) is 50.5 Å². The Morgan fingerprint density at radius 1 is 1.09 bits per heavy atom. The van der Waals surface area contributed by atoms with Crippen LogP contribution in [0.3, 0.4) is 0 Å².